The van der Waals surface area contributed by atoms with Gasteiger partial charge in [-0.2, -0.15) is 9.67 Å². The van der Waals surface area contributed by atoms with E-state index in [-0.39, 0.29) is 5.91 Å². The molecule has 0 bridgehead atoms. The van der Waals surface area contributed by atoms with Gasteiger partial charge in [0.2, 0.25) is 17.7 Å². The van der Waals surface area contributed by atoms with Crippen molar-refractivity contribution < 1.29 is 13.6 Å². The first kappa shape index (κ1) is 16.0. The summed E-state index contributed by atoms with van der Waals surface area (Å²) in [5, 5.41) is 7.41. The molecule has 0 saturated carbocycles. The van der Waals surface area contributed by atoms with Crippen molar-refractivity contribution in [3.63, 3.8) is 0 Å². The molecule has 0 unspecified atom stereocenters. The van der Waals surface area contributed by atoms with Gasteiger partial charge in [-0.1, -0.05) is 13.3 Å². The minimum absolute atomic E-state index is 0.0970. The van der Waals surface area contributed by atoms with Crippen LogP contribution in [0.1, 0.15) is 42.5 Å². The van der Waals surface area contributed by atoms with Gasteiger partial charge in [0.15, 0.2) is 5.76 Å². The van der Waals surface area contributed by atoms with Gasteiger partial charge in [-0.3, -0.25) is 4.79 Å². The third-order valence-electron chi connectivity index (χ3n) is 3.55. The first-order chi connectivity index (χ1) is 11.7. The van der Waals surface area contributed by atoms with Crippen molar-refractivity contribution in [2.45, 2.75) is 39.7 Å². The van der Waals surface area contributed by atoms with Crippen molar-refractivity contribution in [2.24, 2.45) is 0 Å². The number of anilines is 1. The van der Waals surface area contributed by atoms with Crippen molar-refractivity contribution >= 4 is 11.9 Å². The van der Waals surface area contributed by atoms with Gasteiger partial charge in [0.05, 0.1) is 12.8 Å². The molecule has 0 aromatic carbocycles. The van der Waals surface area contributed by atoms with Crippen LogP contribution < -0.4 is 5.32 Å². The van der Waals surface area contributed by atoms with Gasteiger partial charge in [0, 0.05) is 6.42 Å². The molecule has 24 heavy (non-hydrogen) atoms. The smallest absolute Gasteiger partial charge is 0.250 e. The van der Waals surface area contributed by atoms with E-state index in [1.807, 2.05) is 26.0 Å². The van der Waals surface area contributed by atoms with Crippen molar-refractivity contribution in [1.82, 2.24) is 14.8 Å². The number of carbonyl (C=O) groups is 1. The second-order valence-electron chi connectivity index (χ2n) is 5.51. The third kappa shape index (κ3) is 3.56. The molecule has 0 saturated heterocycles. The fraction of sp³-hybridized carbons (Fsp3) is 0.353. The zero-order chi connectivity index (χ0) is 16.9. The summed E-state index contributed by atoms with van der Waals surface area (Å²) < 4.78 is 12.2. The summed E-state index contributed by atoms with van der Waals surface area (Å²) in [4.78, 5) is 16.8. The van der Waals surface area contributed by atoms with E-state index in [9.17, 15) is 4.79 Å². The lowest BCUT2D eigenvalue weighted by molar-refractivity contribution is 0.0886. The third-order valence-corrected chi connectivity index (χ3v) is 3.55. The average molecular weight is 328 g/mol. The number of aryl methyl sites for hydroxylation is 1. The van der Waals surface area contributed by atoms with Gasteiger partial charge >= 0.3 is 0 Å². The molecule has 0 fully saturated rings. The Hall–Kier alpha value is -2.83. The number of hydrogen-bond acceptors (Lipinski definition) is 6. The van der Waals surface area contributed by atoms with Crippen molar-refractivity contribution in [3.05, 3.63) is 42.0 Å². The van der Waals surface area contributed by atoms with Crippen LogP contribution in [-0.2, 0) is 6.54 Å². The van der Waals surface area contributed by atoms with E-state index in [1.54, 1.807) is 18.4 Å². The molecule has 3 aromatic rings. The van der Waals surface area contributed by atoms with E-state index in [1.165, 1.54) is 4.68 Å². The highest BCUT2D eigenvalue weighted by Crippen LogP contribution is 2.19. The quantitative estimate of drug-likeness (QED) is 0.708. The molecule has 0 atom stereocenters. The Bertz CT molecular complexity index is 802. The van der Waals surface area contributed by atoms with E-state index < -0.39 is 0 Å². The SMILES string of the molecule is CCCCC(=O)n1nc(-c2ccco2)nc1NCc1ccc(C)o1. The van der Waals surface area contributed by atoms with Crippen LogP contribution in [0.2, 0.25) is 0 Å². The molecule has 7 heteroatoms. The second kappa shape index (κ2) is 7.16. The minimum atomic E-state index is -0.0970. The van der Waals surface area contributed by atoms with Crippen LogP contribution >= 0.6 is 0 Å². The summed E-state index contributed by atoms with van der Waals surface area (Å²) in [6.07, 6.45) is 3.73. The van der Waals surface area contributed by atoms with E-state index in [0.29, 0.717) is 30.5 Å². The Labute approximate surface area is 139 Å². The standard InChI is InChI=1S/C17H20N4O3/c1-3-4-7-15(22)21-17(18-11-13-9-8-12(2)24-13)19-16(20-21)14-6-5-10-23-14/h5-6,8-10H,3-4,7,11H2,1-2H3,(H,18,19,20). The number of carbonyl (C=O) groups excluding carboxylic acids is 1. The molecule has 0 aliphatic heterocycles. The molecule has 1 N–H and O–H groups in total. The van der Waals surface area contributed by atoms with Crippen LogP contribution in [0.15, 0.2) is 39.4 Å². The van der Waals surface area contributed by atoms with Crippen LogP contribution in [0.4, 0.5) is 5.95 Å². The van der Waals surface area contributed by atoms with Gasteiger partial charge in [-0.15, -0.1) is 5.10 Å². The van der Waals surface area contributed by atoms with Crippen molar-refractivity contribution in [2.75, 3.05) is 5.32 Å². The van der Waals surface area contributed by atoms with Gasteiger partial charge in [-0.25, -0.2) is 0 Å². The maximum absolute atomic E-state index is 12.4. The van der Waals surface area contributed by atoms with Crippen LogP contribution in [-0.4, -0.2) is 20.7 Å². The van der Waals surface area contributed by atoms with Crippen LogP contribution in [0, 0.1) is 6.92 Å². The fourth-order valence-corrected chi connectivity index (χ4v) is 2.29. The molecule has 0 aliphatic rings. The molecule has 0 aliphatic carbocycles. The molecular weight excluding hydrogens is 308 g/mol. The normalized spacial score (nSPS) is 10.9. The number of aromatic nitrogens is 3. The zero-order valence-electron chi connectivity index (χ0n) is 13.8. The lowest BCUT2D eigenvalue weighted by Crippen LogP contribution is -2.16. The second-order valence-corrected chi connectivity index (χ2v) is 5.51. The summed E-state index contributed by atoms with van der Waals surface area (Å²) in [6, 6.07) is 7.29. The minimum Gasteiger partial charge on any atom is -0.465 e. The first-order valence-electron chi connectivity index (χ1n) is 8.00. The predicted octanol–water partition coefficient (Wildman–Crippen LogP) is 3.88. The van der Waals surface area contributed by atoms with Crippen molar-refractivity contribution in [1.29, 1.82) is 0 Å². The number of rotatable bonds is 7. The lowest BCUT2D eigenvalue weighted by atomic mass is 10.2. The van der Waals surface area contributed by atoms with Crippen LogP contribution in [0.5, 0.6) is 0 Å². The Morgan fingerprint density at radius 2 is 2.21 bits per heavy atom. The molecule has 3 heterocycles. The summed E-state index contributed by atoms with van der Waals surface area (Å²) in [5.41, 5.74) is 0. The lowest BCUT2D eigenvalue weighted by Gasteiger charge is -2.05. The summed E-state index contributed by atoms with van der Waals surface area (Å²) >= 11 is 0. The Morgan fingerprint density at radius 3 is 2.88 bits per heavy atom. The van der Waals surface area contributed by atoms with Crippen LogP contribution in [0.3, 0.4) is 0 Å². The van der Waals surface area contributed by atoms with Gasteiger partial charge in [0.1, 0.15) is 11.5 Å². The van der Waals surface area contributed by atoms with E-state index in [4.69, 9.17) is 8.83 Å². The Kier molecular flexibility index (Phi) is 4.79. The molecule has 0 spiro atoms. The van der Waals surface area contributed by atoms with Gasteiger partial charge in [-0.05, 0) is 37.6 Å². The summed E-state index contributed by atoms with van der Waals surface area (Å²) in [6.45, 7) is 4.35. The molecule has 3 rings (SSSR count). The number of furan rings is 2. The highest BCUT2D eigenvalue weighted by atomic mass is 16.3. The Morgan fingerprint density at radius 1 is 1.33 bits per heavy atom. The molecule has 3 aromatic heterocycles. The topological polar surface area (TPSA) is 86.1 Å². The summed E-state index contributed by atoms with van der Waals surface area (Å²) in [7, 11) is 0. The molecule has 0 amide bonds. The largest absolute Gasteiger partial charge is 0.465 e. The zero-order valence-corrected chi connectivity index (χ0v) is 13.8. The van der Waals surface area contributed by atoms with E-state index in [0.717, 1.165) is 24.4 Å². The fourth-order valence-electron chi connectivity index (χ4n) is 2.29. The number of unbranched alkanes of at least 4 members (excludes halogenated alkanes) is 1. The maximum atomic E-state index is 12.4. The number of nitrogens with zero attached hydrogens (tertiary/aromatic N) is 3. The number of hydrogen-bond donors (Lipinski definition) is 1. The summed E-state index contributed by atoms with van der Waals surface area (Å²) in [5.74, 6) is 2.79. The predicted molar refractivity (Wildman–Crippen MR) is 88.6 cm³/mol. The van der Waals surface area contributed by atoms with Gasteiger partial charge < -0.3 is 14.2 Å². The van der Waals surface area contributed by atoms with Crippen LogP contribution in [0.25, 0.3) is 11.6 Å². The molecular formula is C17H20N4O3. The maximum Gasteiger partial charge on any atom is 0.250 e. The van der Waals surface area contributed by atoms with Gasteiger partial charge in [0.25, 0.3) is 0 Å². The Balaban J connectivity index is 1.82. The van der Waals surface area contributed by atoms with E-state index in [2.05, 4.69) is 15.4 Å². The molecule has 0 radical (unpaired) electrons. The van der Waals surface area contributed by atoms with Crippen molar-refractivity contribution in [3.8, 4) is 11.6 Å². The first-order valence-corrected chi connectivity index (χ1v) is 8.00. The number of nitrogens with one attached hydrogen (secondary N) is 1. The molecule has 7 nitrogen and oxygen atoms in total. The monoisotopic (exact) mass is 328 g/mol. The van der Waals surface area contributed by atoms with E-state index >= 15 is 0 Å². The molecule has 126 valence electrons. The highest BCUT2D eigenvalue weighted by molar-refractivity contribution is 5.81. The highest BCUT2D eigenvalue weighted by Gasteiger charge is 2.18. The average Bonchev–Trinajstić information content (AvgIpc) is 3.30.